The van der Waals surface area contributed by atoms with E-state index in [0.717, 1.165) is 6.42 Å². The molecule has 0 heterocycles. The molecule has 7 rings (SSSR count). The molecule has 0 N–H and O–H groups in total. The predicted molar refractivity (Wildman–Crippen MR) is 189 cm³/mol. The maximum absolute atomic E-state index is 2.87. The van der Waals surface area contributed by atoms with Crippen molar-refractivity contribution in [2.24, 2.45) is 0 Å². The Bertz CT molecular complexity index is 1980. The van der Waals surface area contributed by atoms with Crippen molar-refractivity contribution in [1.82, 2.24) is 0 Å². The number of rotatable bonds is 3. The van der Waals surface area contributed by atoms with Crippen LogP contribution >= 0.6 is 0 Å². The van der Waals surface area contributed by atoms with E-state index in [-0.39, 0.29) is 10.8 Å². The summed E-state index contributed by atoms with van der Waals surface area (Å²) in [7, 11) is 0. The van der Waals surface area contributed by atoms with E-state index in [9.17, 15) is 0 Å². The van der Waals surface area contributed by atoms with Crippen LogP contribution in [0.25, 0.3) is 39.1 Å². The van der Waals surface area contributed by atoms with E-state index in [2.05, 4.69) is 156 Å². The molecule has 0 fully saturated rings. The molecule has 0 radical (unpaired) electrons. The Kier molecular flexibility index (Phi) is 6.82. The third-order valence-electron chi connectivity index (χ3n) is 10.5. The fourth-order valence-corrected chi connectivity index (χ4v) is 15.8. The van der Waals surface area contributed by atoms with E-state index >= 15 is 0 Å². The molecule has 5 aromatic rings. The summed E-state index contributed by atoms with van der Waals surface area (Å²) >= 11 is -2.87. The molecule has 2 aliphatic carbocycles. The van der Waals surface area contributed by atoms with E-state index in [1.165, 1.54) is 49.7 Å². The molecule has 1 heteroatoms. The van der Waals surface area contributed by atoms with Crippen LogP contribution in [0, 0.1) is 0 Å². The van der Waals surface area contributed by atoms with Crippen molar-refractivity contribution < 1.29 is 16.6 Å². The van der Waals surface area contributed by atoms with Gasteiger partial charge >= 0.3 is 270 Å². The Balaban J connectivity index is 1.46. The molecule has 1 atom stereocenters. The SMILES string of the molecule is CC1=Cc2cccc(-c3cccc4ccccc34)c2[CH]1[Ti]([CH3])([CH3])[c]1c(C(C)(C)C)ccc2c1Cc1ccc(C(C)(C)C)cc1-2. The van der Waals surface area contributed by atoms with Crippen molar-refractivity contribution in [2.45, 2.75) is 80.4 Å². The molecular weight excluding hydrogens is 564 g/mol. The third-order valence-corrected chi connectivity index (χ3v) is 16.8. The summed E-state index contributed by atoms with van der Waals surface area (Å²) in [6, 6.07) is 35.0. The molecule has 0 nitrogen and oxygen atoms in total. The molecule has 0 aromatic heterocycles. The van der Waals surface area contributed by atoms with Crippen LogP contribution in [0.3, 0.4) is 0 Å². The van der Waals surface area contributed by atoms with Crippen molar-refractivity contribution in [3.63, 3.8) is 0 Å². The van der Waals surface area contributed by atoms with E-state index in [1.54, 1.807) is 26.1 Å². The molecule has 1 unspecified atom stereocenters. The van der Waals surface area contributed by atoms with Gasteiger partial charge in [-0.3, -0.25) is 0 Å². The van der Waals surface area contributed by atoms with Crippen LogP contribution in [-0.2, 0) is 33.8 Å². The van der Waals surface area contributed by atoms with Crippen LogP contribution in [0.2, 0.25) is 10.5 Å². The molecule has 0 amide bonds. The molecule has 0 aliphatic heterocycles. The third kappa shape index (κ3) is 4.60. The van der Waals surface area contributed by atoms with Crippen LogP contribution < -0.4 is 3.87 Å². The summed E-state index contributed by atoms with van der Waals surface area (Å²) in [4.78, 5) is 0. The number of benzene rings is 5. The van der Waals surface area contributed by atoms with Crippen LogP contribution in [0.1, 0.15) is 86.1 Å². The van der Waals surface area contributed by atoms with Gasteiger partial charge in [0.15, 0.2) is 0 Å². The van der Waals surface area contributed by atoms with Gasteiger partial charge < -0.3 is 0 Å². The van der Waals surface area contributed by atoms with Crippen LogP contribution in [-0.4, -0.2) is 0 Å². The summed E-state index contributed by atoms with van der Waals surface area (Å²) in [5.74, 6) is 0. The minimum atomic E-state index is -2.87. The zero-order valence-electron chi connectivity index (χ0n) is 28.0. The summed E-state index contributed by atoms with van der Waals surface area (Å²) in [5.41, 5.74) is 16.6. The second kappa shape index (κ2) is 10.2. The second-order valence-electron chi connectivity index (χ2n) is 15.9. The van der Waals surface area contributed by atoms with Crippen molar-refractivity contribution in [2.75, 3.05) is 0 Å². The normalized spacial score (nSPS) is 16.1. The van der Waals surface area contributed by atoms with Gasteiger partial charge in [0.25, 0.3) is 0 Å². The number of hydrogen-bond acceptors (Lipinski definition) is 0. The number of allylic oxidation sites excluding steroid dienone is 1. The fourth-order valence-electron chi connectivity index (χ4n) is 8.44. The Hall–Kier alpha value is -3.19. The number of hydrogen-bond donors (Lipinski definition) is 0. The average molecular weight is 611 g/mol. The summed E-state index contributed by atoms with van der Waals surface area (Å²) in [6.45, 7) is 16.7. The number of fused-ring (bicyclic) bond motifs is 5. The summed E-state index contributed by atoms with van der Waals surface area (Å²) in [6.07, 6.45) is 3.56. The van der Waals surface area contributed by atoms with Crippen LogP contribution in [0.15, 0.2) is 96.6 Å². The Morgan fingerprint density at radius 2 is 1.36 bits per heavy atom. The molecular formula is C43H46Ti. The molecule has 44 heavy (non-hydrogen) atoms. The van der Waals surface area contributed by atoms with Gasteiger partial charge in [0.2, 0.25) is 0 Å². The van der Waals surface area contributed by atoms with Crippen molar-refractivity contribution in [1.29, 1.82) is 0 Å². The maximum atomic E-state index is 2.71. The van der Waals surface area contributed by atoms with E-state index in [0.29, 0.717) is 4.22 Å². The first-order valence-corrected chi connectivity index (χ1v) is 21.2. The quantitative estimate of drug-likeness (QED) is 0.175. The first-order chi connectivity index (χ1) is 20.8. The topological polar surface area (TPSA) is 0 Å². The molecule has 0 saturated heterocycles. The molecule has 222 valence electrons. The van der Waals surface area contributed by atoms with E-state index in [1.807, 2.05) is 0 Å². The fraction of sp³-hybridized carbons (Fsp3) is 0.302. The average Bonchev–Trinajstić information content (AvgIpc) is 3.52. The van der Waals surface area contributed by atoms with Gasteiger partial charge in [0.05, 0.1) is 0 Å². The summed E-state index contributed by atoms with van der Waals surface area (Å²) < 4.78 is 2.20. The van der Waals surface area contributed by atoms with Crippen LogP contribution in [0.5, 0.6) is 0 Å². The van der Waals surface area contributed by atoms with Crippen molar-refractivity contribution in [3.8, 4) is 22.3 Å². The molecule has 0 bridgehead atoms. The van der Waals surface area contributed by atoms with Crippen molar-refractivity contribution in [3.05, 3.63) is 130 Å². The first-order valence-electron chi connectivity index (χ1n) is 16.4. The monoisotopic (exact) mass is 610 g/mol. The Labute approximate surface area is 268 Å². The molecule has 0 spiro atoms. The van der Waals surface area contributed by atoms with Gasteiger partial charge in [0, 0.05) is 0 Å². The predicted octanol–water partition coefficient (Wildman–Crippen LogP) is 11.7. The van der Waals surface area contributed by atoms with Gasteiger partial charge in [-0.2, -0.15) is 0 Å². The zero-order valence-corrected chi connectivity index (χ0v) is 29.6. The Morgan fingerprint density at radius 3 is 2.11 bits per heavy atom. The summed E-state index contributed by atoms with van der Waals surface area (Å²) in [5, 5.41) is 8.08. The first kappa shape index (κ1) is 29.5. The van der Waals surface area contributed by atoms with E-state index in [4.69, 9.17) is 0 Å². The molecule has 5 aromatic carbocycles. The second-order valence-corrected chi connectivity index (χ2v) is 23.0. The zero-order chi connectivity index (χ0) is 31.2. The van der Waals surface area contributed by atoms with Gasteiger partial charge in [0.1, 0.15) is 0 Å². The molecule has 0 saturated carbocycles. The van der Waals surface area contributed by atoms with Gasteiger partial charge in [-0.05, 0) is 0 Å². The van der Waals surface area contributed by atoms with Crippen LogP contribution in [0.4, 0.5) is 0 Å². The molecule has 2 aliphatic rings. The van der Waals surface area contributed by atoms with E-state index < -0.39 is 16.6 Å². The van der Waals surface area contributed by atoms with Crippen molar-refractivity contribution >= 4 is 20.7 Å². The minimum absolute atomic E-state index is 0.0758. The van der Waals surface area contributed by atoms with Gasteiger partial charge in [-0.1, -0.05) is 0 Å². The Morgan fingerprint density at radius 1 is 0.659 bits per heavy atom. The van der Waals surface area contributed by atoms with Gasteiger partial charge in [-0.25, -0.2) is 0 Å². The van der Waals surface area contributed by atoms with Gasteiger partial charge in [-0.15, -0.1) is 0 Å². The standard InChI is InChI=1S/C21H25.C20H15.2CH3.Ti/c1-20(2,3)16-9-10-18-15(12-16)11-14-7-8-17(13-19(14)18)21(4,5)6;1-14-12-16-8-5-11-19(20(16)13-14)18-10-4-7-15-6-2-3-9-17(15)18;;;/h7-10,13H,11H2,1-6H3;2-13H,1H3;2*1H3;.